The quantitative estimate of drug-likeness (QED) is 0.627. The fraction of sp³-hybridized carbons (Fsp3) is 0.333. The van der Waals surface area contributed by atoms with Crippen molar-refractivity contribution >= 4 is 0 Å². The third-order valence-corrected chi connectivity index (χ3v) is 4.59. The van der Waals surface area contributed by atoms with E-state index in [0.717, 1.165) is 18.7 Å². The van der Waals surface area contributed by atoms with Gasteiger partial charge in [0.05, 0.1) is 20.2 Å². The second-order valence-electron chi connectivity index (χ2n) is 6.56. The predicted octanol–water partition coefficient (Wildman–Crippen LogP) is 3.17. The lowest BCUT2D eigenvalue weighted by molar-refractivity contribution is 0.181. The number of methoxy groups -OCH3 is 1. The highest BCUT2D eigenvalue weighted by atomic mass is 16.5. The fourth-order valence-electron chi connectivity index (χ4n) is 3.12. The Bertz CT molecular complexity index is 835. The zero-order chi connectivity index (χ0) is 19.1. The first-order valence-corrected chi connectivity index (χ1v) is 9.11. The molecule has 1 aromatic heterocycles. The molecule has 0 bridgehead atoms. The maximum Gasteiger partial charge on any atom is 0.240 e. The van der Waals surface area contributed by atoms with Gasteiger partial charge in [-0.1, -0.05) is 53.7 Å². The zero-order valence-electron chi connectivity index (χ0n) is 15.8. The molecule has 142 valence electrons. The Morgan fingerprint density at radius 2 is 1.81 bits per heavy atom. The van der Waals surface area contributed by atoms with Crippen LogP contribution in [0.15, 0.2) is 59.1 Å². The van der Waals surface area contributed by atoms with Crippen molar-refractivity contribution in [3.05, 3.63) is 77.4 Å². The Hall–Kier alpha value is -2.70. The molecule has 0 saturated carbocycles. The van der Waals surface area contributed by atoms with Crippen LogP contribution in [-0.4, -0.2) is 28.2 Å². The number of nitrogens with two attached hydrogens (primary N) is 1. The number of benzene rings is 2. The highest BCUT2D eigenvalue weighted by molar-refractivity contribution is 5.33. The molecule has 1 atom stereocenters. The van der Waals surface area contributed by atoms with Crippen LogP contribution in [0.3, 0.4) is 0 Å². The van der Waals surface area contributed by atoms with Crippen LogP contribution in [0.5, 0.6) is 5.75 Å². The van der Waals surface area contributed by atoms with Gasteiger partial charge in [0.15, 0.2) is 5.82 Å². The Labute approximate surface area is 159 Å². The molecule has 0 aliphatic rings. The minimum Gasteiger partial charge on any atom is -0.496 e. The average molecular weight is 366 g/mol. The molecule has 0 aliphatic carbocycles. The third-order valence-electron chi connectivity index (χ3n) is 4.59. The molecule has 27 heavy (non-hydrogen) atoms. The first-order chi connectivity index (χ1) is 13.2. The van der Waals surface area contributed by atoms with Crippen molar-refractivity contribution in [3.8, 4) is 5.75 Å². The lowest BCUT2D eigenvalue weighted by Gasteiger charge is -2.28. The fourth-order valence-corrected chi connectivity index (χ4v) is 3.12. The first kappa shape index (κ1) is 19.1. The third kappa shape index (κ3) is 5.15. The molecule has 6 nitrogen and oxygen atoms in total. The smallest absolute Gasteiger partial charge is 0.240 e. The standard InChI is InChI=1S/C21H26N4O2/c1-16(12-18-10-6-7-11-19(18)26-2)25(14-17-8-4-3-5-9-17)15-20-23-21(13-22)27-24-20/h3-11,16H,12-15,22H2,1-2H3. The van der Waals surface area contributed by atoms with Crippen LogP contribution in [0.4, 0.5) is 0 Å². The van der Waals surface area contributed by atoms with E-state index in [9.17, 15) is 0 Å². The van der Waals surface area contributed by atoms with Gasteiger partial charge in [-0.2, -0.15) is 4.98 Å². The second kappa shape index (κ2) is 9.30. The summed E-state index contributed by atoms with van der Waals surface area (Å²) in [5.41, 5.74) is 8.01. The van der Waals surface area contributed by atoms with Crippen LogP contribution in [0.2, 0.25) is 0 Å². The van der Waals surface area contributed by atoms with Crippen molar-refractivity contribution in [2.45, 2.75) is 39.0 Å². The maximum absolute atomic E-state index is 5.59. The van der Waals surface area contributed by atoms with Gasteiger partial charge in [0, 0.05) is 12.6 Å². The molecule has 6 heteroatoms. The van der Waals surface area contributed by atoms with Crippen molar-refractivity contribution < 1.29 is 9.26 Å². The lowest BCUT2D eigenvalue weighted by atomic mass is 10.0. The van der Waals surface area contributed by atoms with E-state index in [1.165, 1.54) is 11.1 Å². The van der Waals surface area contributed by atoms with Gasteiger partial charge in [0.25, 0.3) is 0 Å². The molecule has 0 radical (unpaired) electrons. The minimum absolute atomic E-state index is 0.251. The molecule has 1 unspecified atom stereocenters. The van der Waals surface area contributed by atoms with Crippen LogP contribution in [0.25, 0.3) is 0 Å². The van der Waals surface area contributed by atoms with E-state index in [0.29, 0.717) is 18.3 Å². The van der Waals surface area contributed by atoms with Gasteiger partial charge < -0.3 is 15.0 Å². The SMILES string of the molecule is COc1ccccc1CC(C)N(Cc1ccccc1)Cc1noc(CN)n1. The van der Waals surface area contributed by atoms with Gasteiger partial charge in [0.1, 0.15) is 5.75 Å². The summed E-state index contributed by atoms with van der Waals surface area (Å²) in [4.78, 5) is 6.70. The van der Waals surface area contributed by atoms with Crippen LogP contribution < -0.4 is 10.5 Å². The summed E-state index contributed by atoms with van der Waals surface area (Å²) >= 11 is 0. The molecule has 2 aromatic carbocycles. The number of hydrogen-bond donors (Lipinski definition) is 1. The molecular formula is C21H26N4O2. The number of ether oxygens (including phenoxy) is 1. The summed E-state index contributed by atoms with van der Waals surface area (Å²) in [6.07, 6.45) is 0.860. The molecule has 1 heterocycles. The predicted molar refractivity (Wildman–Crippen MR) is 104 cm³/mol. The molecule has 0 aliphatic heterocycles. The Kier molecular flexibility index (Phi) is 6.57. The lowest BCUT2D eigenvalue weighted by Crippen LogP contribution is -2.34. The van der Waals surface area contributed by atoms with Crippen molar-refractivity contribution in [3.63, 3.8) is 0 Å². The number of aromatic nitrogens is 2. The van der Waals surface area contributed by atoms with Gasteiger partial charge in [-0.3, -0.25) is 4.90 Å². The van der Waals surface area contributed by atoms with Gasteiger partial charge in [-0.15, -0.1) is 0 Å². The zero-order valence-corrected chi connectivity index (χ0v) is 15.8. The van der Waals surface area contributed by atoms with E-state index in [-0.39, 0.29) is 12.6 Å². The monoisotopic (exact) mass is 366 g/mol. The molecule has 0 amide bonds. The van der Waals surface area contributed by atoms with E-state index in [1.54, 1.807) is 7.11 Å². The molecule has 0 spiro atoms. The Morgan fingerprint density at radius 3 is 2.52 bits per heavy atom. The summed E-state index contributed by atoms with van der Waals surface area (Å²) in [5, 5.41) is 4.06. The van der Waals surface area contributed by atoms with E-state index in [1.807, 2.05) is 24.3 Å². The van der Waals surface area contributed by atoms with Crippen LogP contribution in [-0.2, 0) is 26.1 Å². The Balaban J connectivity index is 1.78. The molecule has 2 N–H and O–H groups in total. The van der Waals surface area contributed by atoms with Crippen molar-refractivity contribution in [1.82, 2.24) is 15.0 Å². The van der Waals surface area contributed by atoms with Crippen molar-refractivity contribution in [2.24, 2.45) is 5.73 Å². The highest BCUT2D eigenvalue weighted by Crippen LogP contribution is 2.22. The van der Waals surface area contributed by atoms with Gasteiger partial charge in [0.2, 0.25) is 5.89 Å². The molecule has 0 fully saturated rings. The van der Waals surface area contributed by atoms with Crippen LogP contribution >= 0.6 is 0 Å². The van der Waals surface area contributed by atoms with E-state index in [4.69, 9.17) is 15.0 Å². The number of rotatable bonds is 9. The first-order valence-electron chi connectivity index (χ1n) is 9.11. The summed E-state index contributed by atoms with van der Waals surface area (Å²) in [7, 11) is 1.71. The minimum atomic E-state index is 0.251. The number of para-hydroxylation sites is 1. The Morgan fingerprint density at radius 1 is 1.07 bits per heavy atom. The summed E-state index contributed by atoms with van der Waals surface area (Å²) in [5.74, 6) is 2.02. The van der Waals surface area contributed by atoms with Crippen molar-refractivity contribution in [1.29, 1.82) is 0 Å². The number of nitrogens with zero attached hydrogens (tertiary/aromatic N) is 3. The molecule has 0 saturated heterocycles. The van der Waals surface area contributed by atoms with Crippen molar-refractivity contribution in [2.75, 3.05) is 7.11 Å². The van der Waals surface area contributed by atoms with E-state index in [2.05, 4.69) is 52.3 Å². The van der Waals surface area contributed by atoms with E-state index >= 15 is 0 Å². The summed E-state index contributed by atoms with van der Waals surface area (Å²) in [6.45, 7) is 3.85. The largest absolute Gasteiger partial charge is 0.496 e. The highest BCUT2D eigenvalue weighted by Gasteiger charge is 2.19. The maximum atomic E-state index is 5.59. The molecular weight excluding hydrogens is 340 g/mol. The van der Waals surface area contributed by atoms with Crippen LogP contribution in [0.1, 0.15) is 29.8 Å². The van der Waals surface area contributed by atoms with Gasteiger partial charge in [-0.25, -0.2) is 0 Å². The van der Waals surface area contributed by atoms with Crippen LogP contribution in [0, 0.1) is 0 Å². The molecule has 3 rings (SSSR count). The summed E-state index contributed by atoms with van der Waals surface area (Å²) in [6, 6.07) is 18.8. The molecule has 3 aromatic rings. The van der Waals surface area contributed by atoms with Gasteiger partial charge in [-0.05, 0) is 30.5 Å². The van der Waals surface area contributed by atoms with E-state index < -0.39 is 0 Å². The normalized spacial score (nSPS) is 12.3. The topological polar surface area (TPSA) is 77.4 Å². The second-order valence-corrected chi connectivity index (χ2v) is 6.56. The average Bonchev–Trinajstić information content (AvgIpc) is 3.16. The number of hydrogen-bond acceptors (Lipinski definition) is 6. The van der Waals surface area contributed by atoms with Gasteiger partial charge >= 0.3 is 0 Å². The summed E-state index contributed by atoms with van der Waals surface area (Å²) < 4.78 is 10.7.